The van der Waals surface area contributed by atoms with E-state index in [1.807, 2.05) is 17.5 Å². The molecule has 3 aromatic rings. The molecule has 1 amide bonds. The molecule has 0 spiro atoms. The number of hydrazine groups is 1. The molecule has 0 aromatic carbocycles. The molecule has 0 aliphatic carbocycles. The van der Waals surface area contributed by atoms with E-state index in [1.54, 1.807) is 22.4 Å². The Morgan fingerprint density at radius 3 is 3.18 bits per heavy atom. The second-order valence-electron chi connectivity index (χ2n) is 5.05. The minimum absolute atomic E-state index is 0.0342. The summed E-state index contributed by atoms with van der Waals surface area (Å²) in [5.74, 6) is 0.636. The van der Waals surface area contributed by atoms with Crippen LogP contribution in [0.2, 0.25) is 5.15 Å². The van der Waals surface area contributed by atoms with Crippen LogP contribution < -0.4 is 5.43 Å². The molecule has 0 saturated carbocycles. The van der Waals surface area contributed by atoms with Gasteiger partial charge in [-0.1, -0.05) is 17.7 Å². The van der Waals surface area contributed by atoms with Gasteiger partial charge in [0.1, 0.15) is 17.1 Å². The van der Waals surface area contributed by atoms with Crippen LogP contribution in [0.15, 0.2) is 29.9 Å². The molecule has 1 fully saturated rings. The summed E-state index contributed by atoms with van der Waals surface area (Å²) in [6, 6.07) is 5.83. The Kier molecular flexibility index (Phi) is 3.24. The van der Waals surface area contributed by atoms with E-state index in [0.717, 1.165) is 16.7 Å². The zero-order valence-electron chi connectivity index (χ0n) is 11.4. The third kappa shape index (κ3) is 2.22. The molecule has 1 atom stereocenters. The molecule has 0 unspecified atom stereocenters. The van der Waals surface area contributed by atoms with E-state index in [9.17, 15) is 4.79 Å². The zero-order valence-corrected chi connectivity index (χ0v) is 13.0. The van der Waals surface area contributed by atoms with Crippen molar-refractivity contribution in [1.29, 1.82) is 0 Å². The highest BCUT2D eigenvalue weighted by atomic mass is 35.5. The van der Waals surface area contributed by atoms with Gasteiger partial charge in [-0.25, -0.2) is 15.0 Å². The fraction of sp³-hybridized carbons (Fsp3) is 0.214. The van der Waals surface area contributed by atoms with Crippen LogP contribution in [0.3, 0.4) is 0 Å². The molecule has 1 saturated heterocycles. The highest BCUT2D eigenvalue weighted by Crippen LogP contribution is 2.36. The summed E-state index contributed by atoms with van der Waals surface area (Å²) in [5, 5.41) is 4.93. The number of thiophene rings is 1. The van der Waals surface area contributed by atoms with E-state index in [4.69, 9.17) is 11.6 Å². The number of amides is 1. The van der Waals surface area contributed by atoms with Crippen molar-refractivity contribution in [1.82, 2.24) is 20.0 Å². The minimum atomic E-state index is 0.0342. The van der Waals surface area contributed by atoms with Crippen molar-refractivity contribution < 1.29 is 4.79 Å². The van der Waals surface area contributed by atoms with Crippen molar-refractivity contribution in [3.63, 3.8) is 0 Å². The summed E-state index contributed by atoms with van der Waals surface area (Å²) in [7, 11) is 0. The fourth-order valence-electron chi connectivity index (χ4n) is 2.69. The average molecular weight is 334 g/mol. The molecule has 22 heavy (non-hydrogen) atoms. The maximum atomic E-state index is 12.2. The van der Waals surface area contributed by atoms with Gasteiger partial charge < -0.3 is 4.98 Å². The Hall–Kier alpha value is -2.12. The number of halogens is 1. The lowest BCUT2D eigenvalue weighted by Gasteiger charge is -2.25. The molecule has 0 radical (unpaired) electrons. The van der Waals surface area contributed by atoms with Gasteiger partial charge in [-0.2, -0.15) is 0 Å². The van der Waals surface area contributed by atoms with Crippen LogP contribution in [0.5, 0.6) is 0 Å². The molecule has 1 aliphatic rings. The van der Waals surface area contributed by atoms with Crippen LogP contribution in [0.4, 0.5) is 5.82 Å². The molecule has 8 heteroatoms. The Morgan fingerprint density at radius 1 is 1.45 bits per heavy atom. The van der Waals surface area contributed by atoms with Gasteiger partial charge in [0.2, 0.25) is 5.91 Å². The van der Waals surface area contributed by atoms with E-state index >= 15 is 0 Å². The van der Waals surface area contributed by atoms with Gasteiger partial charge in [-0.3, -0.25) is 10.2 Å². The topological polar surface area (TPSA) is 73.9 Å². The summed E-state index contributed by atoms with van der Waals surface area (Å²) in [5.41, 5.74) is 3.79. The summed E-state index contributed by atoms with van der Waals surface area (Å²) in [6.45, 7) is 0. The van der Waals surface area contributed by atoms with Gasteiger partial charge in [-0.05, 0) is 23.9 Å². The third-order valence-electron chi connectivity index (χ3n) is 3.70. The van der Waals surface area contributed by atoms with Crippen LogP contribution >= 0.6 is 22.9 Å². The number of hydrogen-bond donors (Lipinski definition) is 2. The molecule has 4 heterocycles. The van der Waals surface area contributed by atoms with Crippen LogP contribution in [-0.4, -0.2) is 25.9 Å². The van der Waals surface area contributed by atoms with E-state index in [1.165, 1.54) is 6.33 Å². The summed E-state index contributed by atoms with van der Waals surface area (Å²) in [4.78, 5) is 24.7. The number of fused-ring (bicyclic) bond motifs is 1. The van der Waals surface area contributed by atoms with Gasteiger partial charge in [0.15, 0.2) is 5.82 Å². The Balaban J connectivity index is 1.69. The summed E-state index contributed by atoms with van der Waals surface area (Å²) >= 11 is 7.63. The second-order valence-corrected chi connectivity index (χ2v) is 6.43. The molecule has 2 N–H and O–H groups in total. The predicted molar refractivity (Wildman–Crippen MR) is 85.7 cm³/mol. The number of aromatic amines is 1. The highest BCUT2D eigenvalue weighted by molar-refractivity contribution is 7.10. The Morgan fingerprint density at radius 2 is 2.36 bits per heavy atom. The molecule has 3 aromatic heterocycles. The number of anilines is 1. The molecule has 0 bridgehead atoms. The third-order valence-corrected chi connectivity index (χ3v) is 4.88. The summed E-state index contributed by atoms with van der Waals surface area (Å²) < 4.78 is 0. The van der Waals surface area contributed by atoms with Crippen molar-refractivity contribution >= 4 is 45.7 Å². The molecular weight excluding hydrogens is 322 g/mol. The van der Waals surface area contributed by atoms with Crippen LogP contribution in [0.1, 0.15) is 23.8 Å². The van der Waals surface area contributed by atoms with E-state index in [0.29, 0.717) is 23.0 Å². The largest absolute Gasteiger partial charge is 0.330 e. The number of aromatic nitrogens is 3. The molecule has 112 valence electrons. The molecule has 4 rings (SSSR count). The standard InChI is InChI=1S/C14H12ClN5OS/c15-11-6-8-13(18-11)16-7-17-14(8)19-20-9(3-4-12(20)21)10-2-1-5-22-10/h1-2,5-7,9H,3-4H2,(H2,16,17,18,19)/t9-/m0/s1. The van der Waals surface area contributed by atoms with Crippen molar-refractivity contribution in [2.75, 3.05) is 5.43 Å². The molecular formula is C14H12ClN5OS. The lowest BCUT2D eigenvalue weighted by atomic mass is 10.2. The summed E-state index contributed by atoms with van der Waals surface area (Å²) in [6.07, 6.45) is 2.77. The lowest BCUT2D eigenvalue weighted by Crippen LogP contribution is -2.33. The second kappa shape index (κ2) is 5.26. The number of nitrogens with one attached hydrogen (secondary N) is 2. The van der Waals surface area contributed by atoms with Gasteiger partial charge in [0, 0.05) is 11.3 Å². The minimum Gasteiger partial charge on any atom is -0.330 e. The Labute approximate surface area is 135 Å². The van der Waals surface area contributed by atoms with Crippen LogP contribution in [0, 0.1) is 0 Å². The quantitative estimate of drug-likeness (QED) is 0.770. The van der Waals surface area contributed by atoms with Crippen molar-refractivity contribution in [2.24, 2.45) is 0 Å². The number of carbonyl (C=O) groups is 1. The van der Waals surface area contributed by atoms with Crippen molar-refractivity contribution in [2.45, 2.75) is 18.9 Å². The van der Waals surface area contributed by atoms with Gasteiger partial charge in [0.25, 0.3) is 0 Å². The number of hydrogen-bond acceptors (Lipinski definition) is 5. The number of carbonyl (C=O) groups excluding carboxylic acids is 1. The maximum Gasteiger partial charge on any atom is 0.241 e. The number of nitrogens with zero attached hydrogens (tertiary/aromatic N) is 3. The van der Waals surface area contributed by atoms with Crippen LogP contribution in [-0.2, 0) is 4.79 Å². The first kappa shape index (κ1) is 13.5. The first-order valence-electron chi connectivity index (χ1n) is 6.84. The van der Waals surface area contributed by atoms with Crippen LogP contribution in [0.25, 0.3) is 11.0 Å². The van der Waals surface area contributed by atoms with E-state index < -0.39 is 0 Å². The number of H-pyrrole nitrogens is 1. The van der Waals surface area contributed by atoms with E-state index in [2.05, 4.69) is 20.4 Å². The number of rotatable bonds is 3. The first-order chi connectivity index (χ1) is 10.7. The van der Waals surface area contributed by atoms with Gasteiger partial charge >= 0.3 is 0 Å². The highest BCUT2D eigenvalue weighted by Gasteiger charge is 2.33. The zero-order chi connectivity index (χ0) is 15.1. The smallest absolute Gasteiger partial charge is 0.241 e. The SMILES string of the molecule is O=C1CC[C@@H](c2cccs2)N1Nc1ncnc2[nH]c(Cl)cc12. The first-order valence-corrected chi connectivity index (χ1v) is 8.09. The molecule has 6 nitrogen and oxygen atoms in total. The Bertz CT molecular complexity index is 831. The van der Waals surface area contributed by atoms with Gasteiger partial charge in [-0.15, -0.1) is 11.3 Å². The van der Waals surface area contributed by atoms with Crippen molar-refractivity contribution in [3.8, 4) is 0 Å². The average Bonchev–Trinajstić information content (AvgIpc) is 3.20. The predicted octanol–water partition coefficient (Wildman–Crippen LogP) is 3.36. The van der Waals surface area contributed by atoms with Gasteiger partial charge in [0.05, 0.1) is 11.4 Å². The monoisotopic (exact) mass is 333 g/mol. The molecule has 1 aliphatic heterocycles. The van der Waals surface area contributed by atoms with E-state index in [-0.39, 0.29) is 11.9 Å². The lowest BCUT2D eigenvalue weighted by molar-refractivity contribution is -0.127. The fourth-order valence-corrected chi connectivity index (χ4v) is 3.74. The maximum absolute atomic E-state index is 12.2. The normalized spacial score (nSPS) is 18.3. The van der Waals surface area contributed by atoms with Crippen molar-refractivity contribution in [3.05, 3.63) is 39.9 Å².